The van der Waals surface area contributed by atoms with Crippen LogP contribution in [0, 0.1) is 0 Å². The number of carbonyl (C=O) groups is 1. The van der Waals surface area contributed by atoms with E-state index in [-0.39, 0.29) is 18.0 Å². The van der Waals surface area contributed by atoms with Gasteiger partial charge in [0.15, 0.2) is 0 Å². The first kappa shape index (κ1) is 20.4. The molecule has 33 heavy (non-hydrogen) atoms. The molecule has 3 aromatic heterocycles. The Morgan fingerprint density at radius 1 is 0.970 bits per heavy atom. The van der Waals surface area contributed by atoms with Crippen molar-refractivity contribution >= 4 is 28.4 Å². The van der Waals surface area contributed by atoms with Crippen LogP contribution in [-0.4, -0.2) is 31.4 Å². The van der Waals surface area contributed by atoms with E-state index in [4.69, 9.17) is 9.72 Å². The molecular formula is C25H21N5O3. The SMILES string of the molecule is CCOc1ccc(NC(=O)Cn2c3ccccc3n3c(=O)cc(-c4ccccn4)nc23)cc1. The monoisotopic (exact) mass is 439 g/mol. The van der Waals surface area contributed by atoms with Crippen LogP contribution in [0.4, 0.5) is 5.69 Å². The summed E-state index contributed by atoms with van der Waals surface area (Å²) >= 11 is 0. The summed E-state index contributed by atoms with van der Waals surface area (Å²) in [6.07, 6.45) is 1.65. The molecule has 1 N–H and O–H groups in total. The third-order valence-corrected chi connectivity index (χ3v) is 5.23. The molecule has 0 atom stereocenters. The summed E-state index contributed by atoms with van der Waals surface area (Å²) in [5.41, 5.74) is 2.89. The summed E-state index contributed by atoms with van der Waals surface area (Å²) in [7, 11) is 0. The summed E-state index contributed by atoms with van der Waals surface area (Å²) in [5, 5.41) is 2.90. The van der Waals surface area contributed by atoms with Crippen molar-refractivity contribution in [3.63, 3.8) is 0 Å². The van der Waals surface area contributed by atoms with Gasteiger partial charge in [0.1, 0.15) is 12.3 Å². The van der Waals surface area contributed by atoms with Gasteiger partial charge in [-0.1, -0.05) is 18.2 Å². The lowest BCUT2D eigenvalue weighted by Crippen LogP contribution is -2.20. The molecule has 0 saturated heterocycles. The number of hydrogen-bond acceptors (Lipinski definition) is 5. The number of imidazole rings is 1. The largest absolute Gasteiger partial charge is 0.494 e. The first-order chi connectivity index (χ1) is 16.1. The van der Waals surface area contributed by atoms with Crippen molar-refractivity contribution in [3.8, 4) is 17.1 Å². The normalized spacial score (nSPS) is 11.1. The summed E-state index contributed by atoms with van der Waals surface area (Å²) in [5.74, 6) is 0.884. The summed E-state index contributed by atoms with van der Waals surface area (Å²) in [4.78, 5) is 35.0. The van der Waals surface area contributed by atoms with Gasteiger partial charge in [0.05, 0.1) is 29.0 Å². The summed E-state index contributed by atoms with van der Waals surface area (Å²) in [6.45, 7) is 2.48. The lowest BCUT2D eigenvalue weighted by Gasteiger charge is -2.09. The average molecular weight is 439 g/mol. The topological polar surface area (TPSA) is 90.5 Å². The van der Waals surface area contributed by atoms with Crippen molar-refractivity contribution in [2.24, 2.45) is 0 Å². The van der Waals surface area contributed by atoms with Crippen LogP contribution in [0.2, 0.25) is 0 Å². The van der Waals surface area contributed by atoms with Crippen LogP contribution in [0.3, 0.4) is 0 Å². The molecule has 0 aliphatic carbocycles. The number of amides is 1. The maximum Gasteiger partial charge on any atom is 0.260 e. The second-order valence-corrected chi connectivity index (χ2v) is 7.41. The Balaban J connectivity index is 1.55. The van der Waals surface area contributed by atoms with E-state index in [9.17, 15) is 9.59 Å². The molecule has 0 saturated carbocycles. The second-order valence-electron chi connectivity index (χ2n) is 7.41. The Bertz CT molecular complexity index is 1500. The van der Waals surface area contributed by atoms with Crippen molar-refractivity contribution < 1.29 is 9.53 Å². The highest BCUT2D eigenvalue weighted by atomic mass is 16.5. The molecule has 8 nitrogen and oxygen atoms in total. The molecule has 0 spiro atoms. The number of hydrogen-bond donors (Lipinski definition) is 1. The molecule has 8 heteroatoms. The smallest absolute Gasteiger partial charge is 0.260 e. The van der Waals surface area contributed by atoms with Crippen LogP contribution in [0.15, 0.2) is 83.8 Å². The first-order valence-corrected chi connectivity index (χ1v) is 10.6. The standard InChI is InChI=1S/C25H21N5O3/c1-2-33-18-12-10-17(11-13-18)27-23(31)16-29-21-8-3-4-9-22(21)30-24(32)15-20(28-25(29)30)19-7-5-6-14-26-19/h3-15H,2,16H2,1H3,(H,27,31). The molecule has 0 aliphatic rings. The number of benzene rings is 2. The van der Waals surface area contributed by atoms with Crippen LogP contribution >= 0.6 is 0 Å². The zero-order valence-electron chi connectivity index (χ0n) is 17.9. The van der Waals surface area contributed by atoms with Gasteiger partial charge in [-0.05, 0) is 55.5 Å². The number of aromatic nitrogens is 4. The highest BCUT2D eigenvalue weighted by Crippen LogP contribution is 2.21. The first-order valence-electron chi connectivity index (χ1n) is 10.6. The number of nitrogens with zero attached hydrogens (tertiary/aromatic N) is 4. The fourth-order valence-electron chi connectivity index (χ4n) is 3.81. The van der Waals surface area contributed by atoms with Gasteiger partial charge in [-0.3, -0.25) is 14.6 Å². The molecule has 5 rings (SSSR count). The van der Waals surface area contributed by atoms with E-state index < -0.39 is 0 Å². The minimum atomic E-state index is -0.236. The number of ether oxygens (including phenoxy) is 1. The lowest BCUT2D eigenvalue weighted by molar-refractivity contribution is -0.116. The molecule has 3 heterocycles. The van der Waals surface area contributed by atoms with Crippen molar-refractivity contribution in [1.29, 1.82) is 0 Å². The maximum atomic E-state index is 13.0. The van der Waals surface area contributed by atoms with E-state index >= 15 is 0 Å². The van der Waals surface area contributed by atoms with Gasteiger partial charge in [-0.15, -0.1) is 0 Å². The van der Waals surface area contributed by atoms with Crippen LogP contribution in [0.25, 0.3) is 28.2 Å². The highest BCUT2D eigenvalue weighted by molar-refractivity contribution is 5.92. The highest BCUT2D eigenvalue weighted by Gasteiger charge is 2.17. The van der Waals surface area contributed by atoms with E-state index in [2.05, 4.69) is 10.3 Å². The van der Waals surface area contributed by atoms with Crippen molar-refractivity contribution in [1.82, 2.24) is 18.9 Å². The van der Waals surface area contributed by atoms with Gasteiger partial charge in [-0.25, -0.2) is 9.38 Å². The fraction of sp³-hybridized carbons (Fsp3) is 0.120. The molecule has 0 radical (unpaired) electrons. The number of carbonyl (C=O) groups excluding carboxylic acids is 1. The molecule has 2 aromatic carbocycles. The summed E-state index contributed by atoms with van der Waals surface area (Å²) in [6, 6.07) is 21.5. The Morgan fingerprint density at radius 3 is 2.45 bits per heavy atom. The van der Waals surface area contributed by atoms with E-state index in [0.29, 0.717) is 35.0 Å². The Kier molecular flexibility index (Phi) is 5.32. The fourth-order valence-corrected chi connectivity index (χ4v) is 3.81. The predicted octanol–water partition coefficient (Wildman–Crippen LogP) is 3.75. The van der Waals surface area contributed by atoms with Gasteiger partial charge >= 0.3 is 0 Å². The summed E-state index contributed by atoms with van der Waals surface area (Å²) < 4.78 is 8.71. The molecule has 0 unspecified atom stereocenters. The van der Waals surface area contributed by atoms with Crippen LogP contribution in [0.1, 0.15) is 6.92 Å². The molecule has 0 aliphatic heterocycles. The number of fused-ring (bicyclic) bond motifs is 3. The predicted molar refractivity (Wildman–Crippen MR) is 126 cm³/mol. The molecule has 164 valence electrons. The van der Waals surface area contributed by atoms with Gasteiger partial charge < -0.3 is 14.6 Å². The van der Waals surface area contributed by atoms with Crippen LogP contribution in [-0.2, 0) is 11.3 Å². The van der Waals surface area contributed by atoms with Gasteiger partial charge in [0, 0.05) is 18.0 Å². The van der Waals surface area contributed by atoms with E-state index in [1.807, 2.05) is 37.3 Å². The number of para-hydroxylation sites is 2. The molecular weight excluding hydrogens is 418 g/mol. The molecule has 5 aromatic rings. The lowest BCUT2D eigenvalue weighted by atomic mass is 10.2. The van der Waals surface area contributed by atoms with E-state index in [1.54, 1.807) is 47.2 Å². The Morgan fingerprint density at radius 2 is 1.73 bits per heavy atom. The van der Waals surface area contributed by atoms with Gasteiger partial charge in [-0.2, -0.15) is 0 Å². The number of nitrogens with one attached hydrogen (secondary N) is 1. The number of anilines is 1. The van der Waals surface area contributed by atoms with E-state index in [0.717, 1.165) is 11.3 Å². The Labute approximate surface area is 189 Å². The van der Waals surface area contributed by atoms with E-state index in [1.165, 1.54) is 10.5 Å². The number of rotatable bonds is 6. The third-order valence-electron chi connectivity index (χ3n) is 5.23. The van der Waals surface area contributed by atoms with Crippen LogP contribution in [0.5, 0.6) is 5.75 Å². The molecule has 1 amide bonds. The zero-order valence-corrected chi connectivity index (χ0v) is 17.9. The van der Waals surface area contributed by atoms with Crippen molar-refractivity contribution in [3.05, 3.63) is 89.3 Å². The molecule has 0 bridgehead atoms. The minimum Gasteiger partial charge on any atom is -0.494 e. The third kappa shape index (κ3) is 3.94. The maximum absolute atomic E-state index is 13.0. The average Bonchev–Trinajstić information content (AvgIpc) is 3.15. The van der Waals surface area contributed by atoms with Crippen molar-refractivity contribution in [2.45, 2.75) is 13.5 Å². The second kappa shape index (κ2) is 8.58. The van der Waals surface area contributed by atoms with Crippen molar-refractivity contribution in [2.75, 3.05) is 11.9 Å². The Hall–Kier alpha value is -4.46. The minimum absolute atomic E-state index is 0.0116. The van der Waals surface area contributed by atoms with Crippen LogP contribution < -0.4 is 15.6 Å². The zero-order chi connectivity index (χ0) is 22.8. The number of pyridine rings is 1. The quantitative estimate of drug-likeness (QED) is 0.435. The van der Waals surface area contributed by atoms with Gasteiger partial charge in [0.25, 0.3) is 5.56 Å². The van der Waals surface area contributed by atoms with Gasteiger partial charge in [0.2, 0.25) is 11.7 Å². The molecule has 0 fully saturated rings.